The van der Waals surface area contributed by atoms with E-state index in [1.54, 1.807) is 19.1 Å². The summed E-state index contributed by atoms with van der Waals surface area (Å²) in [6, 6.07) is 4.15. The smallest absolute Gasteiger partial charge is 0.317 e. The van der Waals surface area contributed by atoms with Crippen LogP contribution in [0.4, 0.5) is 10.5 Å². The van der Waals surface area contributed by atoms with Gasteiger partial charge in [-0.1, -0.05) is 35.4 Å². The van der Waals surface area contributed by atoms with E-state index in [0.29, 0.717) is 15.7 Å². The van der Waals surface area contributed by atoms with Gasteiger partial charge in [0.15, 0.2) is 0 Å². The molecule has 142 valence electrons. The molecular formula is C19H19Cl2N3O3. The molecule has 0 spiro atoms. The number of carbonyl (C=O) groups is 3. The van der Waals surface area contributed by atoms with Crippen molar-refractivity contribution in [3.63, 3.8) is 0 Å². The highest BCUT2D eigenvalue weighted by Gasteiger charge is 2.57. The highest BCUT2D eigenvalue weighted by Crippen LogP contribution is 2.49. The Kier molecular flexibility index (Phi) is 4.64. The van der Waals surface area contributed by atoms with Gasteiger partial charge in [0, 0.05) is 5.02 Å². The Morgan fingerprint density at radius 2 is 1.70 bits per heavy atom. The summed E-state index contributed by atoms with van der Waals surface area (Å²) in [5, 5.41) is 6.02. The van der Waals surface area contributed by atoms with Crippen LogP contribution in [0.2, 0.25) is 10.0 Å². The lowest BCUT2D eigenvalue weighted by Crippen LogP contribution is -2.50. The van der Waals surface area contributed by atoms with Gasteiger partial charge < -0.3 is 10.6 Å². The largest absolute Gasteiger partial charge is 0.320 e. The van der Waals surface area contributed by atoms with Crippen molar-refractivity contribution in [3.8, 4) is 0 Å². The maximum absolute atomic E-state index is 12.9. The predicted octanol–water partition coefficient (Wildman–Crippen LogP) is 3.66. The molecule has 0 unspecified atom stereocenters. The summed E-state index contributed by atoms with van der Waals surface area (Å²) in [7, 11) is 0. The minimum atomic E-state index is -0.749. The Balaban J connectivity index is 1.45. The highest BCUT2D eigenvalue weighted by molar-refractivity contribution is 6.36. The van der Waals surface area contributed by atoms with Crippen LogP contribution in [0.1, 0.15) is 19.8 Å². The Hall–Kier alpha value is -2.05. The van der Waals surface area contributed by atoms with E-state index < -0.39 is 12.2 Å². The van der Waals surface area contributed by atoms with Crippen LogP contribution in [0, 0.1) is 23.7 Å². The number of fused-ring (bicyclic) bond motifs is 1. The zero-order valence-electron chi connectivity index (χ0n) is 14.6. The molecular weight excluding hydrogens is 389 g/mol. The zero-order valence-corrected chi connectivity index (χ0v) is 16.1. The first kappa shape index (κ1) is 18.3. The molecule has 0 radical (unpaired) electrons. The molecule has 4 aliphatic rings. The third kappa shape index (κ3) is 3.11. The number of halogens is 2. The number of amides is 4. The summed E-state index contributed by atoms with van der Waals surface area (Å²) in [5.74, 6) is -0.730. The van der Waals surface area contributed by atoms with Crippen LogP contribution in [0.25, 0.3) is 0 Å². The molecule has 1 saturated heterocycles. The molecule has 2 fully saturated rings. The molecule has 4 amide bonds. The van der Waals surface area contributed by atoms with Crippen LogP contribution in [0.3, 0.4) is 0 Å². The number of rotatable bonds is 3. The number of carbonyl (C=O) groups excluding carboxylic acids is 3. The second-order valence-electron chi connectivity index (χ2n) is 7.29. The van der Waals surface area contributed by atoms with E-state index in [0.717, 1.165) is 12.8 Å². The van der Waals surface area contributed by atoms with E-state index in [2.05, 4.69) is 22.8 Å². The Morgan fingerprint density at radius 3 is 2.22 bits per heavy atom. The summed E-state index contributed by atoms with van der Waals surface area (Å²) < 4.78 is 0. The number of imide groups is 1. The monoisotopic (exact) mass is 407 g/mol. The van der Waals surface area contributed by atoms with Gasteiger partial charge in [-0.3, -0.25) is 14.5 Å². The second kappa shape index (κ2) is 6.84. The van der Waals surface area contributed by atoms with Gasteiger partial charge >= 0.3 is 6.03 Å². The molecule has 8 heteroatoms. The zero-order chi connectivity index (χ0) is 19.3. The lowest BCUT2D eigenvalue weighted by molar-refractivity contribution is -0.142. The minimum absolute atomic E-state index is 0.121. The number of benzene rings is 1. The highest BCUT2D eigenvalue weighted by atomic mass is 35.5. The van der Waals surface area contributed by atoms with Crippen LogP contribution in [-0.4, -0.2) is 28.9 Å². The molecule has 6 nitrogen and oxygen atoms in total. The van der Waals surface area contributed by atoms with Crippen molar-refractivity contribution in [3.05, 3.63) is 40.4 Å². The summed E-state index contributed by atoms with van der Waals surface area (Å²) in [6.45, 7) is 1.63. The fourth-order valence-corrected chi connectivity index (χ4v) is 4.94. The summed E-state index contributed by atoms with van der Waals surface area (Å²) in [6.07, 6.45) is 5.26. The van der Waals surface area contributed by atoms with Crippen LogP contribution in [0.15, 0.2) is 30.4 Å². The van der Waals surface area contributed by atoms with Crippen LogP contribution in [-0.2, 0) is 9.59 Å². The van der Waals surface area contributed by atoms with Crippen molar-refractivity contribution in [1.82, 2.24) is 10.2 Å². The van der Waals surface area contributed by atoms with Crippen LogP contribution < -0.4 is 10.6 Å². The van der Waals surface area contributed by atoms with Crippen LogP contribution in [0.5, 0.6) is 0 Å². The molecule has 1 aliphatic heterocycles. The number of nitrogens with one attached hydrogen (secondary N) is 2. The average molecular weight is 408 g/mol. The topological polar surface area (TPSA) is 78.5 Å². The second-order valence-corrected chi connectivity index (χ2v) is 8.13. The third-order valence-electron chi connectivity index (χ3n) is 5.70. The number of anilines is 1. The van der Waals surface area contributed by atoms with E-state index in [1.165, 1.54) is 11.0 Å². The number of urea groups is 1. The van der Waals surface area contributed by atoms with Gasteiger partial charge in [-0.2, -0.15) is 0 Å². The van der Waals surface area contributed by atoms with Gasteiger partial charge in [-0.05, 0) is 49.8 Å². The van der Waals surface area contributed by atoms with Gasteiger partial charge in [0.05, 0.1) is 22.5 Å². The average Bonchev–Trinajstić information content (AvgIpc) is 2.91. The molecule has 1 aromatic carbocycles. The maximum atomic E-state index is 12.9. The minimum Gasteiger partial charge on any atom is -0.317 e. The first-order chi connectivity index (χ1) is 12.9. The van der Waals surface area contributed by atoms with Gasteiger partial charge in [-0.15, -0.1) is 0 Å². The van der Waals surface area contributed by atoms with E-state index in [1.807, 2.05) is 0 Å². The molecule has 1 aromatic rings. The van der Waals surface area contributed by atoms with Crippen molar-refractivity contribution in [2.24, 2.45) is 23.7 Å². The van der Waals surface area contributed by atoms with Crippen molar-refractivity contribution < 1.29 is 14.4 Å². The normalized spacial score (nSPS) is 29.7. The Morgan fingerprint density at radius 1 is 1.11 bits per heavy atom. The molecule has 0 aromatic heterocycles. The molecule has 5 rings (SSSR count). The summed E-state index contributed by atoms with van der Waals surface area (Å²) in [5.41, 5.74) is 0.390. The molecule has 1 heterocycles. The van der Waals surface area contributed by atoms with Gasteiger partial charge in [0.25, 0.3) is 0 Å². The lowest BCUT2D eigenvalue weighted by Gasteiger charge is -2.38. The molecule has 5 atom stereocenters. The quantitative estimate of drug-likeness (QED) is 0.592. The molecule has 3 aliphatic carbocycles. The molecule has 2 N–H and O–H groups in total. The van der Waals surface area contributed by atoms with E-state index in [9.17, 15) is 14.4 Å². The van der Waals surface area contributed by atoms with Crippen molar-refractivity contribution in [2.45, 2.75) is 25.9 Å². The SMILES string of the molecule is C[C@H](NC(=O)Nc1ccc(Cl)cc1Cl)N1C(=O)[C@@H]2[C@@H](C1=O)[C@H]1C=C[C@H]2CC1. The fraction of sp³-hybridized carbons (Fsp3) is 0.421. The van der Waals surface area contributed by atoms with Gasteiger partial charge in [-0.25, -0.2) is 4.79 Å². The standard InChI is InChI=1S/C19H19Cl2N3O3/c1-9(22-19(27)23-14-7-6-12(20)8-13(14)21)24-17(25)15-10-2-3-11(5-4-10)16(15)18(24)26/h2-3,6-11,15-16H,4-5H2,1H3,(H2,22,23,27)/t9-,10+,11+,15+,16+/m1/s1. The summed E-state index contributed by atoms with van der Waals surface area (Å²) in [4.78, 5) is 39.3. The number of likely N-dealkylation sites (tertiary alicyclic amines) is 1. The number of hydrogen-bond acceptors (Lipinski definition) is 3. The lowest BCUT2D eigenvalue weighted by atomic mass is 9.63. The summed E-state index contributed by atoms with van der Waals surface area (Å²) >= 11 is 11.9. The van der Waals surface area contributed by atoms with Crippen molar-refractivity contribution >= 4 is 46.7 Å². The number of nitrogens with zero attached hydrogens (tertiary/aromatic N) is 1. The van der Waals surface area contributed by atoms with Gasteiger partial charge in [0.2, 0.25) is 11.8 Å². The van der Waals surface area contributed by atoms with E-state index in [-0.39, 0.29) is 35.5 Å². The van der Waals surface area contributed by atoms with E-state index in [4.69, 9.17) is 23.2 Å². The fourth-order valence-electron chi connectivity index (χ4n) is 4.48. The maximum Gasteiger partial charge on any atom is 0.320 e. The molecule has 27 heavy (non-hydrogen) atoms. The molecule has 1 saturated carbocycles. The Bertz CT molecular complexity index is 825. The molecule has 2 bridgehead atoms. The van der Waals surface area contributed by atoms with Gasteiger partial charge in [0.1, 0.15) is 6.17 Å². The first-order valence-corrected chi connectivity index (χ1v) is 9.70. The van der Waals surface area contributed by atoms with Crippen molar-refractivity contribution in [1.29, 1.82) is 0 Å². The third-order valence-corrected chi connectivity index (χ3v) is 6.25. The van der Waals surface area contributed by atoms with Crippen LogP contribution >= 0.6 is 23.2 Å². The van der Waals surface area contributed by atoms with Crippen molar-refractivity contribution in [2.75, 3.05) is 5.32 Å². The Labute approximate surface area is 166 Å². The first-order valence-electron chi connectivity index (χ1n) is 8.94. The number of allylic oxidation sites excluding steroid dienone is 2. The number of hydrogen-bond donors (Lipinski definition) is 2. The predicted molar refractivity (Wildman–Crippen MR) is 102 cm³/mol. The van der Waals surface area contributed by atoms with E-state index >= 15 is 0 Å².